The van der Waals surface area contributed by atoms with Crippen LogP contribution >= 0.6 is 0 Å². The Morgan fingerprint density at radius 3 is 2.40 bits per heavy atom. The number of hydrogen-bond donors (Lipinski definition) is 2. The maximum Gasteiger partial charge on any atom is 0.240 e. The molecule has 134 valence electrons. The summed E-state index contributed by atoms with van der Waals surface area (Å²) in [6.07, 6.45) is 0.0192. The van der Waals surface area contributed by atoms with Crippen LogP contribution < -0.4 is 10.0 Å². The molecule has 2 aromatic rings. The molecule has 0 aliphatic heterocycles. The number of nitrogens with one attached hydrogen (secondary N) is 2. The van der Waals surface area contributed by atoms with E-state index in [0.29, 0.717) is 6.54 Å². The molecule has 0 fully saturated rings. The van der Waals surface area contributed by atoms with Crippen LogP contribution in [0.4, 0.5) is 4.39 Å². The molecule has 2 aromatic carbocycles. The number of carbonyl (C=O) groups is 1. The minimum atomic E-state index is -3.75. The van der Waals surface area contributed by atoms with Gasteiger partial charge in [0.25, 0.3) is 0 Å². The van der Waals surface area contributed by atoms with Gasteiger partial charge in [0.05, 0.1) is 4.90 Å². The Bertz CT molecular complexity index is 849. The largest absolute Gasteiger partial charge is 0.352 e. The van der Waals surface area contributed by atoms with Gasteiger partial charge >= 0.3 is 0 Å². The lowest BCUT2D eigenvalue weighted by Gasteiger charge is -2.10. The molecule has 0 unspecified atom stereocenters. The van der Waals surface area contributed by atoms with Gasteiger partial charge in [-0.05, 0) is 49.2 Å². The third-order valence-corrected chi connectivity index (χ3v) is 5.22. The minimum Gasteiger partial charge on any atom is -0.352 e. The third kappa shape index (κ3) is 5.65. The van der Waals surface area contributed by atoms with Gasteiger partial charge in [0.15, 0.2) is 0 Å². The highest BCUT2D eigenvalue weighted by molar-refractivity contribution is 7.89. The fraction of sp³-hybridized carbons (Fsp3) is 0.278. The Hall–Kier alpha value is -2.25. The van der Waals surface area contributed by atoms with Crippen LogP contribution in [0, 0.1) is 19.7 Å². The average molecular weight is 364 g/mol. The molecular formula is C18H21FN2O3S. The molecule has 0 radical (unpaired) electrons. The van der Waals surface area contributed by atoms with E-state index in [1.807, 2.05) is 32.0 Å². The molecule has 0 bridgehead atoms. The van der Waals surface area contributed by atoms with E-state index in [4.69, 9.17) is 0 Å². The zero-order valence-corrected chi connectivity index (χ0v) is 15.0. The zero-order valence-electron chi connectivity index (χ0n) is 14.2. The van der Waals surface area contributed by atoms with E-state index in [0.717, 1.165) is 28.8 Å². The van der Waals surface area contributed by atoms with Gasteiger partial charge in [-0.25, -0.2) is 17.5 Å². The average Bonchev–Trinajstić information content (AvgIpc) is 2.54. The monoisotopic (exact) mass is 364 g/mol. The minimum absolute atomic E-state index is 0.0192. The van der Waals surface area contributed by atoms with Gasteiger partial charge in [0.2, 0.25) is 15.9 Å². The van der Waals surface area contributed by atoms with E-state index in [-0.39, 0.29) is 23.8 Å². The van der Waals surface area contributed by atoms with Crippen LogP contribution in [0.2, 0.25) is 0 Å². The van der Waals surface area contributed by atoms with Crippen molar-refractivity contribution in [1.29, 1.82) is 0 Å². The number of rotatable bonds is 7. The van der Waals surface area contributed by atoms with Crippen LogP contribution in [0.15, 0.2) is 47.4 Å². The molecule has 0 aromatic heterocycles. The maximum atomic E-state index is 12.8. The fourth-order valence-electron chi connectivity index (χ4n) is 2.32. The molecule has 7 heteroatoms. The second-order valence-corrected chi connectivity index (χ2v) is 7.58. The van der Waals surface area contributed by atoms with E-state index >= 15 is 0 Å². The van der Waals surface area contributed by atoms with Gasteiger partial charge in [-0.2, -0.15) is 0 Å². The number of sulfonamides is 1. The Morgan fingerprint density at radius 2 is 1.76 bits per heavy atom. The van der Waals surface area contributed by atoms with Crippen LogP contribution in [0.1, 0.15) is 23.1 Å². The van der Waals surface area contributed by atoms with Crippen molar-refractivity contribution in [2.75, 3.05) is 6.54 Å². The Balaban J connectivity index is 1.81. The first-order valence-electron chi connectivity index (χ1n) is 7.86. The Labute approximate surface area is 147 Å². The summed E-state index contributed by atoms with van der Waals surface area (Å²) in [6, 6.07) is 10.5. The summed E-state index contributed by atoms with van der Waals surface area (Å²) in [4.78, 5) is 11.8. The summed E-state index contributed by atoms with van der Waals surface area (Å²) in [7, 11) is -3.75. The first-order chi connectivity index (χ1) is 11.8. The van der Waals surface area contributed by atoms with Gasteiger partial charge in [0, 0.05) is 19.5 Å². The first-order valence-corrected chi connectivity index (χ1v) is 9.34. The van der Waals surface area contributed by atoms with Gasteiger partial charge in [-0.1, -0.05) is 23.8 Å². The van der Waals surface area contributed by atoms with Crippen molar-refractivity contribution in [3.63, 3.8) is 0 Å². The van der Waals surface area contributed by atoms with Gasteiger partial charge < -0.3 is 5.32 Å². The molecule has 0 saturated carbocycles. The molecule has 0 heterocycles. The molecule has 0 spiro atoms. The van der Waals surface area contributed by atoms with Crippen molar-refractivity contribution in [3.8, 4) is 0 Å². The zero-order chi connectivity index (χ0) is 18.4. The lowest BCUT2D eigenvalue weighted by atomic mass is 10.1. The smallest absolute Gasteiger partial charge is 0.240 e. The van der Waals surface area contributed by atoms with Crippen molar-refractivity contribution in [2.24, 2.45) is 0 Å². The van der Waals surface area contributed by atoms with E-state index in [9.17, 15) is 17.6 Å². The molecule has 0 saturated heterocycles. The number of halogens is 1. The summed E-state index contributed by atoms with van der Waals surface area (Å²) in [5.41, 5.74) is 3.27. The second-order valence-electron chi connectivity index (χ2n) is 5.81. The molecule has 2 rings (SSSR count). The highest BCUT2D eigenvalue weighted by atomic mass is 32.2. The quantitative estimate of drug-likeness (QED) is 0.792. The summed E-state index contributed by atoms with van der Waals surface area (Å²) in [5.74, 6) is -0.758. The number of carbonyl (C=O) groups excluding carboxylic acids is 1. The Kier molecular flexibility index (Phi) is 6.27. The van der Waals surface area contributed by atoms with Crippen LogP contribution in [0.3, 0.4) is 0 Å². The molecule has 25 heavy (non-hydrogen) atoms. The fourth-order valence-corrected chi connectivity index (χ4v) is 3.35. The topological polar surface area (TPSA) is 75.3 Å². The van der Waals surface area contributed by atoms with Crippen molar-refractivity contribution in [1.82, 2.24) is 10.0 Å². The van der Waals surface area contributed by atoms with Gasteiger partial charge in [-0.15, -0.1) is 0 Å². The van der Waals surface area contributed by atoms with Gasteiger partial charge in [-0.3, -0.25) is 4.79 Å². The lowest BCUT2D eigenvalue weighted by Crippen LogP contribution is -2.30. The molecule has 0 aliphatic rings. The van der Waals surface area contributed by atoms with E-state index in [1.54, 1.807) is 0 Å². The predicted molar refractivity (Wildman–Crippen MR) is 94.0 cm³/mol. The normalized spacial score (nSPS) is 11.3. The molecule has 2 N–H and O–H groups in total. The maximum absolute atomic E-state index is 12.8. The standard InChI is InChI=1S/C18H21FN2O3S/c1-13-3-4-15(14(2)11-13)12-20-18(22)9-10-21-25(23,24)17-7-5-16(19)6-8-17/h3-8,11,21H,9-10,12H2,1-2H3,(H,20,22). The predicted octanol–water partition coefficient (Wildman–Crippen LogP) is 2.43. The second kappa shape index (κ2) is 8.22. The van der Waals surface area contributed by atoms with Crippen molar-refractivity contribution in [2.45, 2.75) is 31.7 Å². The van der Waals surface area contributed by atoms with Crippen molar-refractivity contribution < 1.29 is 17.6 Å². The molecule has 0 atom stereocenters. The van der Waals surface area contributed by atoms with E-state index in [1.165, 1.54) is 12.1 Å². The highest BCUT2D eigenvalue weighted by Crippen LogP contribution is 2.11. The molecule has 1 amide bonds. The summed E-state index contributed by atoms with van der Waals surface area (Å²) in [5, 5.41) is 2.77. The molecule has 0 aliphatic carbocycles. The van der Waals surface area contributed by atoms with E-state index < -0.39 is 15.8 Å². The van der Waals surface area contributed by atoms with E-state index in [2.05, 4.69) is 10.0 Å². The van der Waals surface area contributed by atoms with Crippen molar-refractivity contribution in [3.05, 3.63) is 65.0 Å². The molecular weight excluding hydrogens is 343 g/mol. The number of hydrogen-bond acceptors (Lipinski definition) is 3. The Morgan fingerprint density at radius 1 is 1.08 bits per heavy atom. The van der Waals surface area contributed by atoms with Crippen LogP contribution in [0.25, 0.3) is 0 Å². The summed E-state index contributed by atoms with van der Waals surface area (Å²) in [6.45, 7) is 4.35. The van der Waals surface area contributed by atoms with Crippen LogP contribution in [-0.2, 0) is 21.4 Å². The molecule has 5 nitrogen and oxygen atoms in total. The first kappa shape index (κ1) is 19.1. The van der Waals surface area contributed by atoms with Crippen LogP contribution in [-0.4, -0.2) is 20.9 Å². The van der Waals surface area contributed by atoms with Crippen LogP contribution in [0.5, 0.6) is 0 Å². The van der Waals surface area contributed by atoms with Crippen molar-refractivity contribution >= 4 is 15.9 Å². The number of aryl methyl sites for hydroxylation is 2. The van der Waals surface area contributed by atoms with Gasteiger partial charge in [0.1, 0.15) is 5.82 Å². The number of amides is 1. The number of benzene rings is 2. The lowest BCUT2D eigenvalue weighted by molar-refractivity contribution is -0.121. The summed E-state index contributed by atoms with van der Waals surface area (Å²) >= 11 is 0. The third-order valence-electron chi connectivity index (χ3n) is 3.74. The summed E-state index contributed by atoms with van der Waals surface area (Å²) < 4.78 is 39.2. The SMILES string of the molecule is Cc1ccc(CNC(=O)CCNS(=O)(=O)c2ccc(F)cc2)c(C)c1. The highest BCUT2D eigenvalue weighted by Gasteiger charge is 2.14.